The average Bonchev–Trinajstić information content (AvgIpc) is 3.03. The molecule has 0 radical (unpaired) electrons. The molecule has 1 fully saturated rings. The van der Waals surface area contributed by atoms with Gasteiger partial charge in [0.2, 0.25) is 0 Å². The van der Waals surface area contributed by atoms with Crippen LogP contribution in [0.5, 0.6) is 0 Å². The Morgan fingerprint density at radius 1 is 0.970 bits per heavy atom. The highest BCUT2D eigenvalue weighted by Gasteiger charge is 2.57. The van der Waals surface area contributed by atoms with E-state index in [2.05, 4.69) is 76.4 Å². The van der Waals surface area contributed by atoms with Gasteiger partial charge in [-0.3, -0.25) is 0 Å². The van der Waals surface area contributed by atoms with Crippen LogP contribution in [-0.4, -0.2) is 40.4 Å². The van der Waals surface area contributed by atoms with E-state index in [-0.39, 0.29) is 18.2 Å². The maximum Gasteiger partial charge on any atom is 0.341 e. The minimum atomic E-state index is -2.00. The number of benzene rings is 1. The molecule has 1 aliphatic heterocycles. The van der Waals surface area contributed by atoms with Crippen molar-refractivity contribution in [1.82, 2.24) is 0 Å². The standard InChI is InChI=1S/C27H44O4Si2/c1-7-9-18-32(3,4)30-25-23(17-16-22-14-12-11-13-15-22)20-27(21-24(25)29-26(27)28)31-33(5,6)19-10-8-2/h11-15,20,24-25H,7-10,16-19,21H2,1-6H3/t24-,25-,27+/m1/s1. The monoisotopic (exact) mass is 488 g/mol. The van der Waals surface area contributed by atoms with E-state index in [0.717, 1.165) is 37.8 Å². The topological polar surface area (TPSA) is 44.8 Å². The first kappa shape index (κ1) is 26.4. The van der Waals surface area contributed by atoms with Crippen molar-refractivity contribution in [3.8, 4) is 0 Å². The molecule has 4 nitrogen and oxygen atoms in total. The summed E-state index contributed by atoms with van der Waals surface area (Å²) in [4.78, 5) is 13.2. The molecule has 0 saturated carbocycles. The molecule has 1 saturated heterocycles. The zero-order chi connectivity index (χ0) is 24.1. The van der Waals surface area contributed by atoms with Gasteiger partial charge in [0.1, 0.15) is 12.2 Å². The number of carbonyl (C=O) groups excluding carboxylic acids is 1. The van der Waals surface area contributed by atoms with E-state index in [0.29, 0.717) is 6.42 Å². The number of carbonyl (C=O) groups is 1. The van der Waals surface area contributed by atoms with Crippen LogP contribution in [0.25, 0.3) is 0 Å². The molecule has 3 rings (SSSR count). The molecule has 0 spiro atoms. The second-order valence-electron chi connectivity index (χ2n) is 11.1. The van der Waals surface area contributed by atoms with Crippen molar-refractivity contribution in [2.45, 2.75) is 115 Å². The van der Waals surface area contributed by atoms with E-state index in [1.165, 1.54) is 24.0 Å². The second kappa shape index (κ2) is 11.0. The third kappa shape index (κ3) is 6.90. The van der Waals surface area contributed by atoms with Gasteiger partial charge in [0, 0.05) is 6.42 Å². The lowest BCUT2D eigenvalue weighted by Gasteiger charge is -2.39. The van der Waals surface area contributed by atoms with Crippen molar-refractivity contribution in [3.05, 3.63) is 47.5 Å². The number of aryl methyl sites for hydroxylation is 1. The number of unbranched alkanes of at least 4 members (excludes halogenated alkanes) is 2. The second-order valence-corrected chi connectivity index (χ2v) is 19.6. The molecular formula is C27H44O4Si2. The molecular weight excluding hydrogens is 444 g/mol. The summed E-state index contributed by atoms with van der Waals surface area (Å²) in [7, 11) is -3.88. The van der Waals surface area contributed by atoms with Crippen LogP contribution in [0.15, 0.2) is 42.0 Å². The first-order chi connectivity index (χ1) is 15.6. The molecule has 0 aromatic heterocycles. The Kier molecular flexibility index (Phi) is 8.81. The van der Waals surface area contributed by atoms with Gasteiger partial charge in [0.15, 0.2) is 22.2 Å². The maximum absolute atomic E-state index is 13.2. The highest BCUT2D eigenvalue weighted by molar-refractivity contribution is 6.71. The first-order valence-electron chi connectivity index (χ1n) is 12.9. The average molecular weight is 489 g/mol. The summed E-state index contributed by atoms with van der Waals surface area (Å²) in [6.45, 7) is 13.5. The van der Waals surface area contributed by atoms with Crippen LogP contribution in [0.1, 0.15) is 57.9 Å². The Morgan fingerprint density at radius 2 is 1.61 bits per heavy atom. The SMILES string of the molecule is CCCC[Si](C)(C)O[C@@H]1C(CCc2ccccc2)=C[C@]2(O[Si](C)(C)CCCC)C[C@H]1OC2=O. The number of rotatable bonds is 13. The van der Waals surface area contributed by atoms with Crippen LogP contribution in [0, 0.1) is 0 Å². The molecule has 1 heterocycles. The highest BCUT2D eigenvalue weighted by atomic mass is 28.4. The molecule has 0 unspecified atom stereocenters. The lowest BCUT2D eigenvalue weighted by molar-refractivity contribution is -0.151. The fraction of sp³-hybridized carbons (Fsp3) is 0.667. The van der Waals surface area contributed by atoms with Gasteiger partial charge in [-0.05, 0) is 68.3 Å². The summed E-state index contributed by atoms with van der Waals surface area (Å²) < 4.78 is 19.6. The molecule has 3 atom stereocenters. The van der Waals surface area contributed by atoms with Gasteiger partial charge in [-0.1, -0.05) is 69.9 Å². The van der Waals surface area contributed by atoms with Crippen molar-refractivity contribution in [3.63, 3.8) is 0 Å². The molecule has 1 aromatic carbocycles. The molecule has 2 aliphatic rings. The highest BCUT2D eigenvalue weighted by Crippen LogP contribution is 2.45. The normalized spacial score (nSPS) is 25.2. The fourth-order valence-corrected chi connectivity index (χ4v) is 9.96. The fourth-order valence-electron chi connectivity index (χ4n) is 5.13. The van der Waals surface area contributed by atoms with E-state index in [1.54, 1.807) is 0 Å². The Balaban J connectivity index is 1.88. The molecule has 0 N–H and O–H groups in total. The van der Waals surface area contributed by atoms with Crippen LogP contribution in [0.2, 0.25) is 38.3 Å². The Morgan fingerprint density at radius 3 is 2.24 bits per heavy atom. The Bertz CT molecular complexity index is 821. The number of esters is 1. The summed E-state index contributed by atoms with van der Waals surface area (Å²) in [6.07, 6.45) is 8.77. The van der Waals surface area contributed by atoms with Gasteiger partial charge in [0.05, 0.1) is 0 Å². The van der Waals surface area contributed by atoms with E-state index < -0.39 is 22.2 Å². The van der Waals surface area contributed by atoms with Crippen molar-refractivity contribution in [2.75, 3.05) is 0 Å². The minimum Gasteiger partial charge on any atom is -0.457 e. The van der Waals surface area contributed by atoms with E-state index in [1.807, 2.05) is 0 Å². The largest absolute Gasteiger partial charge is 0.457 e. The molecule has 33 heavy (non-hydrogen) atoms. The van der Waals surface area contributed by atoms with Gasteiger partial charge in [-0.2, -0.15) is 0 Å². The minimum absolute atomic E-state index is 0.143. The van der Waals surface area contributed by atoms with E-state index in [9.17, 15) is 4.79 Å². The van der Waals surface area contributed by atoms with Crippen molar-refractivity contribution in [2.24, 2.45) is 0 Å². The summed E-state index contributed by atoms with van der Waals surface area (Å²) in [6, 6.07) is 12.8. The Labute approximate surface area is 203 Å². The molecule has 1 aliphatic carbocycles. The van der Waals surface area contributed by atoms with Gasteiger partial charge in [-0.25, -0.2) is 4.79 Å². The predicted octanol–water partition coefficient (Wildman–Crippen LogP) is 7.03. The Hall–Kier alpha value is -1.22. The number of fused-ring (bicyclic) bond motifs is 2. The molecule has 184 valence electrons. The molecule has 0 amide bonds. The van der Waals surface area contributed by atoms with Crippen molar-refractivity contribution in [1.29, 1.82) is 0 Å². The number of hydrogen-bond donors (Lipinski definition) is 0. The van der Waals surface area contributed by atoms with Gasteiger partial charge >= 0.3 is 5.97 Å². The van der Waals surface area contributed by atoms with Crippen molar-refractivity contribution < 1.29 is 18.4 Å². The maximum atomic E-state index is 13.2. The number of hydrogen-bond acceptors (Lipinski definition) is 4. The summed E-state index contributed by atoms with van der Waals surface area (Å²) >= 11 is 0. The molecule has 2 bridgehead atoms. The third-order valence-corrected chi connectivity index (χ3v) is 11.9. The zero-order valence-electron chi connectivity index (χ0n) is 21.6. The molecule has 1 aromatic rings. The van der Waals surface area contributed by atoms with Crippen LogP contribution >= 0.6 is 0 Å². The van der Waals surface area contributed by atoms with Crippen molar-refractivity contribution >= 4 is 22.6 Å². The first-order valence-corrected chi connectivity index (χ1v) is 19.2. The smallest absolute Gasteiger partial charge is 0.341 e. The quantitative estimate of drug-likeness (QED) is 0.170. The third-order valence-electron chi connectivity index (χ3n) is 6.94. The number of ether oxygens (including phenoxy) is 1. The van der Waals surface area contributed by atoms with Crippen LogP contribution < -0.4 is 0 Å². The lowest BCUT2D eigenvalue weighted by Crippen LogP contribution is -2.50. The van der Waals surface area contributed by atoms with Crippen LogP contribution in [-0.2, 0) is 24.8 Å². The molecule has 6 heteroatoms. The summed E-state index contributed by atoms with van der Waals surface area (Å²) in [5.74, 6) is -0.207. The van der Waals surface area contributed by atoms with Gasteiger partial charge in [0.25, 0.3) is 0 Å². The van der Waals surface area contributed by atoms with Crippen LogP contribution in [0.4, 0.5) is 0 Å². The predicted molar refractivity (Wildman–Crippen MR) is 140 cm³/mol. The summed E-state index contributed by atoms with van der Waals surface area (Å²) in [5.41, 5.74) is 1.57. The van der Waals surface area contributed by atoms with Gasteiger partial charge in [-0.15, -0.1) is 0 Å². The van der Waals surface area contributed by atoms with E-state index in [4.69, 9.17) is 13.6 Å². The lowest BCUT2D eigenvalue weighted by atomic mass is 9.83. The van der Waals surface area contributed by atoms with E-state index >= 15 is 0 Å². The van der Waals surface area contributed by atoms with Crippen LogP contribution in [0.3, 0.4) is 0 Å². The summed E-state index contributed by atoms with van der Waals surface area (Å²) in [5, 5.41) is 0. The zero-order valence-corrected chi connectivity index (χ0v) is 23.6. The van der Waals surface area contributed by atoms with Gasteiger partial charge < -0.3 is 13.6 Å².